The molecule has 152 valence electrons. The molecule has 1 amide bonds. The zero-order valence-corrected chi connectivity index (χ0v) is 17.4. The highest BCUT2D eigenvalue weighted by molar-refractivity contribution is 6.33. The molecule has 3 aromatic rings. The van der Waals surface area contributed by atoms with Crippen LogP contribution in [0.2, 0.25) is 5.02 Å². The highest BCUT2D eigenvalue weighted by Gasteiger charge is 2.14. The number of carbonyl (C=O) groups excluding carboxylic acids is 1. The Kier molecular flexibility index (Phi) is 6.13. The van der Waals surface area contributed by atoms with E-state index < -0.39 is 0 Å². The van der Waals surface area contributed by atoms with Crippen LogP contribution in [0.15, 0.2) is 48.8 Å². The van der Waals surface area contributed by atoms with Gasteiger partial charge in [-0.05, 0) is 43.8 Å². The summed E-state index contributed by atoms with van der Waals surface area (Å²) in [6.07, 6.45) is 4.67. The fourth-order valence-electron chi connectivity index (χ4n) is 3.62. The summed E-state index contributed by atoms with van der Waals surface area (Å²) < 4.78 is 1.87. The van der Waals surface area contributed by atoms with E-state index in [2.05, 4.69) is 27.1 Å². The van der Waals surface area contributed by atoms with Crippen LogP contribution in [-0.2, 0) is 0 Å². The van der Waals surface area contributed by atoms with Gasteiger partial charge < -0.3 is 19.5 Å². The molecule has 0 radical (unpaired) electrons. The number of hydrogen-bond acceptors (Lipinski definition) is 4. The molecule has 29 heavy (non-hydrogen) atoms. The van der Waals surface area contributed by atoms with Crippen LogP contribution in [0.3, 0.4) is 0 Å². The van der Waals surface area contributed by atoms with E-state index in [4.69, 9.17) is 11.6 Å². The molecule has 0 unspecified atom stereocenters. The molecule has 3 heterocycles. The minimum atomic E-state index is -0.133. The number of piperazine rings is 1. The number of pyridine rings is 1. The van der Waals surface area contributed by atoms with E-state index >= 15 is 0 Å². The van der Waals surface area contributed by atoms with Crippen molar-refractivity contribution in [3.8, 4) is 11.1 Å². The summed E-state index contributed by atoms with van der Waals surface area (Å²) in [6.45, 7) is 6.10. The van der Waals surface area contributed by atoms with Crippen molar-refractivity contribution in [1.29, 1.82) is 0 Å². The number of rotatable bonds is 6. The largest absolute Gasteiger partial charge is 0.351 e. The van der Waals surface area contributed by atoms with Crippen LogP contribution in [0, 0.1) is 0 Å². The Labute approximate surface area is 176 Å². The lowest BCUT2D eigenvalue weighted by Crippen LogP contribution is -2.45. The molecule has 2 aromatic heterocycles. The SMILES string of the molecule is CN1CCN(CCCNC(=O)c2cn3cc(-c4ccccc4Cl)ccc3n2)CC1. The second-order valence-corrected chi connectivity index (χ2v) is 7.95. The molecule has 1 aliphatic heterocycles. The molecule has 1 aliphatic rings. The molecule has 1 N–H and O–H groups in total. The first kappa shape index (κ1) is 19.9. The predicted molar refractivity (Wildman–Crippen MR) is 117 cm³/mol. The van der Waals surface area contributed by atoms with Crippen LogP contribution in [0.25, 0.3) is 16.8 Å². The zero-order valence-electron chi connectivity index (χ0n) is 16.6. The average molecular weight is 412 g/mol. The molecule has 0 atom stereocenters. The maximum absolute atomic E-state index is 12.5. The third-order valence-electron chi connectivity index (χ3n) is 5.40. The van der Waals surface area contributed by atoms with Crippen molar-refractivity contribution >= 4 is 23.2 Å². The van der Waals surface area contributed by atoms with Gasteiger partial charge in [0.05, 0.1) is 0 Å². The van der Waals surface area contributed by atoms with Crippen LogP contribution in [0.5, 0.6) is 0 Å². The number of nitrogens with zero attached hydrogens (tertiary/aromatic N) is 4. The van der Waals surface area contributed by atoms with E-state index in [1.165, 1.54) is 0 Å². The standard InChI is InChI=1S/C22H26ClN5O/c1-26-11-13-27(14-12-26)10-4-9-24-22(29)20-16-28-15-17(7-8-21(28)25-20)18-5-2-3-6-19(18)23/h2-3,5-8,15-16H,4,9-14H2,1H3,(H,24,29). The number of halogens is 1. The zero-order chi connectivity index (χ0) is 20.2. The summed E-state index contributed by atoms with van der Waals surface area (Å²) >= 11 is 6.30. The van der Waals surface area contributed by atoms with Crippen molar-refractivity contribution < 1.29 is 4.79 Å². The minimum Gasteiger partial charge on any atom is -0.351 e. The third kappa shape index (κ3) is 4.78. The summed E-state index contributed by atoms with van der Waals surface area (Å²) in [5.41, 5.74) is 3.11. The number of amides is 1. The molecule has 0 saturated carbocycles. The molecule has 0 spiro atoms. The number of aromatic nitrogens is 2. The molecule has 0 aliphatic carbocycles. The van der Waals surface area contributed by atoms with Gasteiger partial charge in [0.25, 0.3) is 5.91 Å². The van der Waals surface area contributed by atoms with E-state index in [0.717, 1.165) is 55.9 Å². The Bertz CT molecular complexity index is 994. The molecule has 1 fully saturated rings. The maximum Gasteiger partial charge on any atom is 0.271 e. The third-order valence-corrected chi connectivity index (χ3v) is 5.73. The Balaban J connectivity index is 1.35. The lowest BCUT2D eigenvalue weighted by molar-refractivity contribution is 0.0945. The summed E-state index contributed by atoms with van der Waals surface area (Å²) in [4.78, 5) is 21.7. The Morgan fingerprint density at radius 1 is 1.10 bits per heavy atom. The molecule has 4 rings (SSSR count). The molecule has 0 bridgehead atoms. The topological polar surface area (TPSA) is 52.9 Å². The van der Waals surface area contributed by atoms with Crippen LogP contribution in [0.4, 0.5) is 0 Å². The number of carbonyl (C=O) groups is 1. The van der Waals surface area contributed by atoms with Crippen molar-refractivity contribution in [3.05, 3.63) is 59.5 Å². The highest BCUT2D eigenvalue weighted by atomic mass is 35.5. The first-order chi connectivity index (χ1) is 14.1. The van der Waals surface area contributed by atoms with E-state index in [1.807, 2.05) is 47.0 Å². The van der Waals surface area contributed by atoms with E-state index in [9.17, 15) is 4.79 Å². The monoisotopic (exact) mass is 411 g/mol. The molecular weight excluding hydrogens is 386 g/mol. The molecule has 1 aromatic carbocycles. The number of benzene rings is 1. The van der Waals surface area contributed by atoms with Crippen LogP contribution >= 0.6 is 11.6 Å². The average Bonchev–Trinajstić information content (AvgIpc) is 3.16. The van der Waals surface area contributed by atoms with E-state index in [-0.39, 0.29) is 5.91 Å². The summed E-state index contributed by atoms with van der Waals surface area (Å²) in [5.74, 6) is -0.133. The second kappa shape index (κ2) is 8.95. The van der Waals surface area contributed by atoms with Gasteiger partial charge in [-0.25, -0.2) is 4.98 Å². The van der Waals surface area contributed by atoms with Crippen molar-refractivity contribution in [2.75, 3.05) is 46.3 Å². The lowest BCUT2D eigenvalue weighted by Gasteiger charge is -2.32. The Morgan fingerprint density at radius 2 is 1.90 bits per heavy atom. The van der Waals surface area contributed by atoms with Crippen LogP contribution in [0.1, 0.15) is 16.9 Å². The smallest absolute Gasteiger partial charge is 0.271 e. The number of nitrogens with one attached hydrogen (secondary N) is 1. The van der Waals surface area contributed by atoms with Gasteiger partial charge in [-0.2, -0.15) is 0 Å². The molecule has 7 heteroatoms. The van der Waals surface area contributed by atoms with Gasteiger partial charge in [-0.1, -0.05) is 29.8 Å². The van der Waals surface area contributed by atoms with Crippen molar-refractivity contribution in [2.24, 2.45) is 0 Å². The van der Waals surface area contributed by atoms with Crippen molar-refractivity contribution in [2.45, 2.75) is 6.42 Å². The number of hydrogen-bond donors (Lipinski definition) is 1. The first-order valence-corrected chi connectivity index (χ1v) is 10.4. The normalized spacial score (nSPS) is 15.7. The van der Waals surface area contributed by atoms with E-state index in [1.54, 1.807) is 6.20 Å². The minimum absolute atomic E-state index is 0.133. The quantitative estimate of drug-likeness (QED) is 0.633. The van der Waals surface area contributed by atoms with Gasteiger partial charge in [0.1, 0.15) is 11.3 Å². The second-order valence-electron chi connectivity index (χ2n) is 7.54. The van der Waals surface area contributed by atoms with Gasteiger partial charge in [0, 0.05) is 55.7 Å². The van der Waals surface area contributed by atoms with Gasteiger partial charge in [0.2, 0.25) is 0 Å². The van der Waals surface area contributed by atoms with Crippen LogP contribution < -0.4 is 5.32 Å². The summed E-state index contributed by atoms with van der Waals surface area (Å²) in [7, 11) is 2.16. The lowest BCUT2D eigenvalue weighted by atomic mass is 10.1. The fourth-order valence-corrected chi connectivity index (χ4v) is 3.87. The molecule has 6 nitrogen and oxygen atoms in total. The predicted octanol–water partition coefficient (Wildman–Crippen LogP) is 3.02. The van der Waals surface area contributed by atoms with E-state index in [0.29, 0.717) is 17.3 Å². The molecule has 1 saturated heterocycles. The molecular formula is C22H26ClN5O. The van der Waals surface area contributed by atoms with Gasteiger partial charge >= 0.3 is 0 Å². The number of fused-ring (bicyclic) bond motifs is 1. The summed E-state index contributed by atoms with van der Waals surface area (Å²) in [6, 6.07) is 11.6. The Morgan fingerprint density at radius 3 is 2.69 bits per heavy atom. The fraction of sp³-hybridized carbons (Fsp3) is 0.364. The van der Waals surface area contributed by atoms with Gasteiger partial charge in [-0.15, -0.1) is 0 Å². The highest BCUT2D eigenvalue weighted by Crippen LogP contribution is 2.27. The first-order valence-electron chi connectivity index (χ1n) is 10.0. The summed E-state index contributed by atoms with van der Waals surface area (Å²) in [5, 5.41) is 3.69. The van der Waals surface area contributed by atoms with Crippen molar-refractivity contribution in [1.82, 2.24) is 24.5 Å². The van der Waals surface area contributed by atoms with Gasteiger partial charge in [0.15, 0.2) is 0 Å². The van der Waals surface area contributed by atoms with Crippen LogP contribution in [-0.4, -0.2) is 71.4 Å². The number of imidazole rings is 1. The maximum atomic E-state index is 12.5. The number of likely N-dealkylation sites (N-methyl/N-ethyl adjacent to an activating group) is 1. The Hall–Kier alpha value is -2.41. The van der Waals surface area contributed by atoms with Crippen molar-refractivity contribution in [3.63, 3.8) is 0 Å². The van der Waals surface area contributed by atoms with Gasteiger partial charge in [-0.3, -0.25) is 4.79 Å².